The van der Waals surface area contributed by atoms with Crippen LogP contribution < -0.4 is 5.73 Å². The predicted octanol–water partition coefficient (Wildman–Crippen LogP) is 1.61. The van der Waals surface area contributed by atoms with Gasteiger partial charge < -0.3 is 15.1 Å². The van der Waals surface area contributed by atoms with Gasteiger partial charge in [-0.25, -0.2) is 0 Å². The summed E-state index contributed by atoms with van der Waals surface area (Å²) in [6, 6.07) is 1.44. The van der Waals surface area contributed by atoms with Crippen molar-refractivity contribution in [3.05, 3.63) is 24.2 Å². The molecule has 0 saturated heterocycles. The molecule has 1 unspecified atom stereocenters. The maximum absolute atomic E-state index is 11.9. The van der Waals surface area contributed by atoms with Gasteiger partial charge in [-0.2, -0.15) is 0 Å². The first-order valence-electron chi connectivity index (χ1n) is 5.52. The Balaban J connectivity index is 2.47. The largest absolute Gasteiger partial charge is 0.472 e. The van der Waals surface area contributed by atoms with Crippen LogP contribution in [0.25, 0.3) is 0 Å². The zero-order valence-corrected chi connectivity index (χ0v) is 10.1. The molecule has 0 aliphatic carbocycles. The summed E-state index contributed by atoms with van der Waals surface area (Å²) in [5.41, 5.74) is 6.81. The quantitative estimate of drug-likeness (QED) is 0.826. The van der Waals surface area contributed by atoms with Gasteiger partial charge in [0, 0.05) is 19.2 Å². The topological polar surface area (TPSA) is 59.5 Å². The Bertz CT molecular complexity index is 320. The smallest absolute Gasteiger partial charge is 0.239 e. The lowest BCUT2D eigenvalue weighted by Crippen LogP contribution is -2.42. The highest BCUT2D eigenvalue weighted by Crippen LogP contribution is 2.08. The average Bonchev–Trinajstić information content (AvgIpc) is 2.68. The van der Waals surface area contributed by atoms with Gasteiger partial charge in [-0.05, 0) is 18.4 Å². The van der Waals surface area contributed by atoms with E-state index < -0.39 is 6.04 Å². The van der Waals surface area contributed by atoms with Crippen molar-refractivity contribution >= 4 is 5.91 Å². The lowest BCUT2D eigenvalue weighted by Gasteiger charge is -2.21. The van der Waals surface area contributed by atoms with E-state index in [1.807, 2.05) is 6.07 Å². The van der Waals surface area contributed by atoms with E-state index in [0.717, 1.165) is 5.56 Å². The van der Waals surface area contributed by atoms with Crippen LogP contribution in [0.15, 0.2) is 23.0 Å². The number of hydrogen-bond acceptors (Lipinski definition) is 3. The van der Waals surface area contributed by atoms with Gasteiger partial charge in [0.2, 0.25) is 5.91 Å². The van der Waals surface area contributed by atoms with Crippen LogP contribution in [0.1, 0.15) is 25.8 Å². The second-order valence-electron chi connectivity index (χ2n) is 4.56. The Kier molecular flexibility index (Phi) is 4.55. The SMILES string of the molecule is CC(C)CC(N)C(=O)N(C)Cc1ccoc1. The summed E-state index contributed by atoms with van der Waals surface area (Å²) in [6.45, 7) is 4.66. The van der Waals surface area contributed by atoms with Crippen LogP contribution in [0.2, 0.25) is 0 Å². The van der Waals surface area contributed by atoms with Crippen LogP contribution >= 0.6 is 0 Å². The Labute approximate surface area is 96.4 Å². The number of carbonyl (C=O) groups excluding carboxylic acids is 1. The highest BCUT2D eigenvalue weighted by atomic mass is 16.3. The first-order chi connectivity index (χ1) is 7.50. The molecule has 1 aromatic rings. The Hall–Kier alpha value is -1.29. The van der Waals surface area contributed by atoms with Crippen molar-refractivity contribution in [3.63, 3.8) is 0 Å². The van der Waals surface area contributed by atoms with Crippen molar-refractivity contribution in [3.8, 4) is 0 Å². The minimum absolute atomic E-state index is 0.0186. The molecule has 0 bridgehead atoms. The maximum atomic E-state index is 11.9. The first-order valence-corrected chi connectivity index (χ1v) is 5.52. The van der Waals surface area contributed by atoms with Gasteiger partial charge >= 0.3 is 0 Å². The molecule has 1 aromatic heterocycles. The van der Waals surface area contributed by atoms with E-state index in [-0.39, 0.29) is 5.91 Å². The molecule has 0 saturated carbocycles. The third kappa shape index (κ3) is 3.70. The zero-order valence-electron chi connectivity index (χ0n) is 10.1. The Morgan fingerprint density at radius 2 is 2.25 bits per heavy atom. The molecule has 0 radical (unpaired) electrons. The molecule has 1 amide bonds. The number of nitrogens with zero attached hydrogens (tertiary/aromatic N) is 1. The van der Waals surface area contributed by atoms with Crippen molar-refractivity contribution in [1.29, 1.82) is 0 Å². The second-order valence-corrected chi connectivity index (χ2v) is 4.56. The van der Waals surface area contributed by atoms with Gasteiger partial charge in [0.05, 0.1) is 18.6 Å². The second kappa shape index (κ2) is 5.70. The summed E-state index contributed by atoms with van der Waals surface area (Å²) in [6.07, 6.45) is 3.95. The zero-order chi connectivity index (χ0) is 12.1. The van der Waals surface area contributed by atoms with Gasteiger partial charge in [0.25, 0.3) is 0 Å². The molecule has 1 rings (SSSR count). The normalized spacial score (nSPS) is 12.8. The molecule has 4 nitrogen and oxygen atoms in total. The fourth-order valence-electron chi connectivity index (χ4n) is 1.63. The minimum atomic E-state index is -0.406. The lowest BCUT2D eigenvalue weighted by atomic mass is 10.0. The van der Waals surface area contributed by atoms with E-state index in [2.05, 4.69) is 13.8 Å². The molecule has 2 N–H and O–H groups in total. The van der Waals surface area contributed by atoms with Crippen LogP contribution in [0.4, 0.5) is 0 Å². The van der Waals surface area contributed by atoms with E-state index >= 15 is 0 Å². The van der Waals surface area contributed by atoms with Crippen LogP contribution in [-0.2, 0) is 11.3 Å². The number of rotatable bonds is 5. The van der Waals surface area contributed by atoms with Gasteiger partial charge in [0.15, 0.2) is 0 Å². The first kappa shape index (κ1) is 12.8. The summed E-state index contributed by atoms with van der Waals surface area (Å²) in [4.78, 5) is 13.5. The van der Waals surface area contributed by atoms with Crippen LogP contribution in [-0.4, -0.2) is 23.9 Å². The number of likely N-dealkylation sites (N-methyl/N-ethyl adjacent to an activating group) is 1. The third-order valence-corrected chi connectivity index (χ3v) is 2.42. The molecule has 0 aliphatic rings. The summed E-state index contributed by atoms with van der Waals surface area (Å²) in [5, 5.41) is 0. The molecule has 16 heavy (non-hydrogen) atoms. The monoisotopic (exact) mass is 224 g/mol. The summed E-state index contributed by atoms with van der Waals surface area (Å²) in [5.74, 6) is 0.413. The fraction of sp³-hybridized carbons (Fsp3) is 0.583. The van der Waals surface area contributed by atoms with Crippen LogP contribution in [0.5, 0.6) is 0 Å². The highest BCUT2D eigenvalue weighted by molar-refractivity contribution is 5.81. The Morgan fingerprint density at radius 1 is 1.56 bits per heavy atom. The summed E-state index contributed by atoms with van der Waals surface area (Å²) >= 11 is 0. The van der Waals surface area contributed by atoms with E-state index in [1.54, 1.807) is 24.5 Å². The molecular weight excluding hydrogens is 204 g/mol. The molecule has 0 aromatic carbocycles. The maximum Gasteiger partial charge on any atom is 0.239 e. The number of nitrogens with two attached hydrogens (primary N) is 1. The molecular formula is C12H20N2O2. The van der Waals surface area contributed by atoms with Gasteiger partial charge in [-0.15, -0.1) is 0 Å². The number of amides is 1. The average molecular weight is 224 g/mol. The lowest BCUT2D eigenvalue weighted by molar-refractivity contribution is -0.132. The standard InChI is InChI=1S/C12H20N2O2/c1-9(2)6-11(13)12(15)14(3)7-10-4-5-16-8-10/h4-5,8-9,11H,6-7,13H2,1-3H3. The molecule has 90 valence electrons. The van der Waals surface area contributed by atoms with Gasteiger partial charge in [-0.1, -0.05) is 13.8 Å². The molecule has 4 heteroatoms. The van der Waals surface area contributed by atoms with E-state index in [0.29, 0.717) is 18.9 Å². The summed E-state index contributed by atoms with van der Waals surface area (Å²) < 4.78 is 4.95. The van der Waals surface area contributed by atoms with Crippen molar-refractivity contribution in [2.45, 2.75) is 32.9 Å². The predicted molar refractivity (Wildman–Crippen MR) is 62.6 cm³/mol. The van der Waals surface area contributed by atoms with Crippen LogP contribution in [0.3, 0.4) is 0 Å². The minimum Gasteiger partial charge on any atom is -0.472 e. The van der Waals surface area contributed by atoms with Crippen molar-refractivity contribution < 1.29 is 9.21 Å². The molecule has 0 spiro atoms. The molecule has 1 heterocycles. The highest BCUT2D eigenvalue weighted by Gasteiger charge is 2.19. The van der Waals surface area contributed by atoms with E-state index in [1.165, 1.54) is 0 Å². The number of hydrogen-bond donors (Lipinski definition) is 1. The van der Waals surface area contributed by atoms with Gasteiger partial charge in [0.1, 0.15) is 0 Å². The molecule has 0 aliphatic heterocycles. The van der Waals surface area contributed by atoms with E-state index in [4.69, 9.17) is 10.2 Å². The third-order valence-electron chi connectivity index (χ3n) is 2.42. The van der Waals surface area contributed by atoms with E-state index in [9.17, 15) is 4.79 Å². The summed E-state index contributed by atoms with van der Waals surface area (Å²) in [7, 11) is 1.76. The van der Waals surface area contributed by atoms with Crippen molar-refractivity contribution in [2.24, 2.45) is 11.7 Å². The van der Waals surface area contributed by atoms with Crippen LogP contribution in [0, 0.1) is 5.92 Å². The number of carbonyl (C=O) groups is 1. The van der Waals surface area contributed by atoms with Gasteiger partial charge in [-0.3, -0.25) is 4.79 Å². The van der Waals surface area contributed by atoms with Crippen molar-refractivity contribution in [2.75, 3.05) is 7.05 Å². The fourth-order valence-corrected chi connectivity index (χ4v) is 1.63. The molecule has 1 atom stereocenters. The van der Waals surface area contributed by atoms with Crippen molar-refractivity contribution in [1.82, 2.24) is 4.90 Å². The Morgan fingerprint density at radius 3 is 2.75 bits per heavy atom. The number of furan rings is 1. The molecule has 0 fully saturated rings.